The molecule has 0 fully saturated rings. The Bertz CT molecular complexity index is 4520. The maximum atomic E-state index is 12.0. The Labute approximate surface area is 558 Å². The van der Waals surface area contributed by atoms with Crippen molar-refractivity contribution in [2.24, 2.45) is 33.0 Å². The van der Waals surface area contributed by atoms with Crippen molar-refractivity contribution in [2.45, 2.75) is 202 Å². The zero-order valence-corrected chi connectivity index (χ0v) is 60.2. The van der Waals surface area contributed by atoms with Crippen LogP contribution in [0.1, 0.15) is 182 Å². The molecular formula is C82H94IrN2O2S2-2. The van der Waals surface area contributed by atoms with Gasteiger partial charge in [-0.25, -0.2) is 0 Å². The van der Waals surface area contributed by atoms with Crippen LogP contribution in [0, 0.1) is 52.0 Å². The van der Waals surface area contributed by atoms with Gasteiger partial charge in [-0.3, -0.25) is 14.8 Å². The zero-order valence-electron chi connectivity index (χ0n) is 59.2. The second-order valence-electron chi connectivity index (χ2n) is 29.9. The molecule has 467 valence electrons. The van der Waals surface area contributed by atoms with E-state index in [9.17, 15) is 9.90 Å². The first-order valence-corrected chi connectivity index (χ1v) is 33.9. The first-order valence-electron chi connectivity index (χ1n) is 33.8. The number of hydrogen-bond donors (Lipinski definition) is 1. The Kier molecular flexibility index (Phi) is 18.8. The number of nitrogens with zero attached hydrogens (tertiary/aromatic N) is 2. The molecule has 0 saturated carbocycles. The molecule has 2 aliphatic rings. The third-order valence-corrected chi connectivity index (χ3v) is 20.4. The molecular weight excluding hydrogens is 1300 g/mol. The third-order valence-electron chi connectivity index (χ3n) is 18.0. The molecule has 2 aromatic heterocycles. The van der Waals surface area contributed by atoms with Crippen LogP contribution in [0.5, 0.6) is 0 Å². The fraction of sp³-hybridized carbons (Fsp3) is 0.402. The number of benzene rings is 8. The number of aliphatic hydroxyl groups is 1. The minimum Gasteiger partial charge on any atom is -0.512 e. The van der Waals surface area contributed by atoms with Crippen molar-refractivity contribution in [3.8, 4) is 22.5 Å². The number of hydrogen-bond acceptors (Lipinski definition) is 6. The Morgan fingerprint density at radius 3 is 1.51 bits per heavy atom. The molecule has 4 nitrogen and oxygen atoms in total. The van der Waals surface area contributed by atoms with E-state index in [4.69, 9.17) is 14.1 Å². The van der Waals surface area contributed by atoms with Crippen LogP contribution in [-0.2, 0) is 50.6 Å². The van der Waals surface area contributed by atoms with E-state index in [1.165, 1.54) is 75.5 Å². The van der Waals surface area contributed by atoms with Crippen molar-refractivity contribution in [1.82, 2.24) is 9.97 Å². The Morgan fingerprint density at radius 1 is 0.539 bits per heavy atom. The Hall–Kier alpha value is -5.82. The molecule has 0 bridgehead atoms. The van der Waals surface area contributed by atoms with Gasteiger partial charge in [-0.2, -0.15) is 0 Å². The fourth-order valence-electron chi connectivity index (χ4n) is 13.5. The molecule has 10 aromatic rings. The van der Waals surface area contributed by atoms with Crippen molar-refractivity contribution in [1.29, 1.82) is 0 Å². The van der Waals surface area contributed by atoms with Crippen molar-refractivity contribution in [2.75, 3.05) is 0 Å². The summed E-state index contributed by atoms with van der Waals surface area (Å²) in [5.41, 5.74) is 10.7. The van der Waals surface area contributed by atoms with Gasteiger partial charge in [0.05, 0.1) is 4.11 Å². The van der Waals surface area contributed by atoms with Gasteiger partial charge in [-0.15, -0.1) is 58.6 Å². The van der Waals surface area contributed by atoms with E-state index in [0.29, 0.717) is 6.17 Å². The van der Waals surface area contributed by atoms with Gasteiger partial charge in [0.1, 0.15) is 5.76 Å². The van der Waals surface area contributed by atoms with Crippen LogP contribution in [0.25, 0.3) is 87.1 Å². The molecule has 4 heterocycles. The summed E-state index contributed by atoms with van der Waals surface area (Å²) in [6.07, 6.45) is 9.99. The molecule has 7 heteroatoms. The second kappa shape index (κ2) is 26.4. The summed E-state index contributed by atoms with van der Waals surface area (Å²) in [6.45, 7) is 39.8. The monoisotopic (exact) mass is 1400 g/mol. The van der Waals surface area contributed by atoms with E-state index in [1.807, 2.05) is 31.7 Å². The first-order chi connectivity index (χ1) is 42.8. The van der Waals surface area contributed by atoms with E-state index in [-0.39, 0.29) is 76.9 Å². The molecule has 0 amide bonds. The predicted molar refractivity (Wildman–Crippen MR) is 381 cm³/mol. The number of pyridine rings is 2. The molecule has 1 N–H and O–H groups in total. The van der Waals surface area contributed by atoms with Gasteiger partial charge in [-0.05, 0) is 175 Å². The van der Waals surface area contributed by atoms with Gasteiger partial charge in [0.15, 0.2) is 5.78 Å². The average molecular weight is 1400 g/mol. The summed E-state index contributed by atoms with van der Waals surface area (Å²) >= 11 is 3.67. The number of ketones is 1. The summed E-state index contributed by atoms with van der Waals surface area (Å²) in [7, 11) is 0. The van der Waals surface area contributed by atoms with Crippen LogP contribution in [0.3, 0.4) is 0 Å². The summed E-state index contributed by atoms with van der Waals surface area (Å²) in [6, 6.07) is 42.6. The molecule has 0 aliphatic carbocycles. The minimum atomic E-state index is -0.207. The number of allylic oxidation sites excluding steroid dienone is 2. The van der Waals surface area contributed by atoms with Crippen LogP contribution in [0.2, 0.25) is 0 Å². The zero-order chi connectivity index (χ0) is 66.0. The largest absolute Gasteiger partial charge is 0.512 e. The van der Waals surface area contributed by atoms with Gasteiger partial charge in [0, 0.05) is 71.0 Å². The van der Waals surface area contributed by atoms with E-state index in [2.05, 4.69) is 214 Å². The Morgan fingerprint density at radius 2 is 1.00 bits per heavy atom. The summed E-state index contributed by atoms with van der Waals surface area (Å²) < 4.78 is 26.3. The van der Waals surface area contributed by atoms with Crippen LogP contribution in [0.15, 0.2) is 147 Å². The maximum Gasteiger partial charge on any atom is 0.162 e. The molecule has 0 atom stereocenters. The molecule has 0 spiro atoms. The van der Waals surface area contributed by atoms with Gasteiger partial charge in [0.25, 0.3) is 0 Å². The standard InChI is InChI=1S/C34H34NS.C33H32NS.C15H28O2.Ir/c1-20-11-12-23-22(15-20)16-27-31-30-25(13-14-35-31)24-10-8-9-21(18-33(2,3)4)26(24)17-29(30)36-32(27)28(23)19-34(5,6)7;1-32(2,3)18-21-11-9-13-23-24-14-15-34-30-26-16-20-10-7-8-12-22(20)27(19-33(4,5)6)31(26)35-28(29(24)30)17-25(21)23;1-6-12(7-2)13(16)11-14(17)15(8-3,9-4)10-5;/h8-15,17H,18-19H2,1-7H3;7-15,17H,18-19H2,1-6H3;11-12,17H,6-10H2,1-5H3;/q2*-1;;/b;;14-11-;/i13D,14D;15D;;. The predicted octanol–water partition coefficient (Wildman–Crippen LogP) is 24.3. The molecule has 12 rings (SSSR count). The SMILES string of the molecule is CCC(CC)C(=O)/C=C(\O)C(CC)(CC)CC.[2H]c1cc2c3c(cc4c(CC(C)(C)C)cccc42)Sc2c([c-]c4ccccc4c2CC(C)(C)C)-c3n1.[2H]c1nc2c3c(cc4c(CC(C)(C)C)cccc4c3c1[2H])Sc1c-2[c-]c2cc(C)ccc2c1CC(C)(C)C.[Ir]. The van der Waals surface area contributed by atoms with Crippen molar-refractivity contribution in [3.63, 3.8) is 0 Å². The van der Waals surface area contributed by atoms with E-state index >= 15 is 0 Å². The molecule has 89 heavy (non-hydrogen) atoms. The normalized spacial score (nSPS) is 13.8. The van der Waals surface area contributed by atoms with Crippen LogP contribution >= 0.6 is 23.5 Å². The second-order valence-corrected chi connectivity index (χ2v) is 32.0. The number of carbonyl (C=O) groups excluding carboxylic acids is 1. The quantitative estimate of drug-likeness (QED) is 0.0569. The van der Waals surface area contributed by atoms with Crippen LogP contribution in [0.4, 0.5) is 0 Å². The van der Waals surface area contributed by atoms with Crippen LogP contribution < -0.4 is 0 Å². The van der Waals surface area contributed by atoms with Gasteiger partial charge in [0.2, 0.25) is 0 Å². The smallest absolute Gasteiger partial charge is 0.162 e. The van der Waals surface area contributed by atoms with Crippen LogP contribution in [-0.4, -0.2) is 20.9 Å². The van der Waals surface area contributed by atoms with Crippen molar-refractivity contribution in [3.05, 3.63) is 167 Å². The minimum absolute atomic E-state index is 0. The van der Waals surface area contributed by atoms with E-state index in [0.717, 1.165) is 123 Å². The van der Waals surface area contributed by atoms with Crippen molar-refractivity contribution >= 4 is 93.9 Å². The van der Waals surface area contributed by atoms with E-state index in [1.54, 1.807) is 11.8 Å². The number of aromatic nitrogens is 2. The average Bonchev–Trinajstić information content (AvgIpc) is 0.719. The maximum absolute atomic E-state index is 12.0. The molecule has 1 radical (unpaired) electrons. The van der Waals surface area contributed by atoms with Gasteiger partial charge < -0.3 is 5.11 Å². The number of aliphatic hydroxyl groups excluding tert-OH is 1. The molecule has 8 aromatic carbocycles. The topological polar surface area (TPSA) is 63.1 Å². The van der Waals surface area contributed by atoms with Crippen molar-refractivity contribution < 1.29 is 34.1 Å². The van der Waals surface area contributed by atoms with Gasteiger partial charge >= 0.3 is 0 Å². The van der Waals surface area contributed by atoms with Gasteiger partial charge in [-0.1, -0.05) is 223 Å². The summed E-state index contributed by atoms with van der Waals surface area (Å²) in [5.74, 6) is 0.412. The number of carbonyl (C=O) groups is 1. The third kappa shape index (κ3) is 14.2. The summed E-state index contributed by atoms with van der Waals surface area (Å²) in [5, 5.41) is 23.8. The molecule has 0 saturated heterocycles. The fourth-order valence-corrected chi connectivity index (χ4v) is 16.0. The summed E-state index contributed by atoms with van der Waals surface area (Å²) in [4.78, 5) is 26.4. The Balaban J connectivity index is 0.000000174. The first kappa shape index (κ1) is 63.3. The van der Waals surface area contributed by atoms with E-state index < -0.39 is 0 Å². The number of aryl methyl sites for hydroxylation is 1. The number of rotatable bonds is 12. The number of fused-ring (bicyclic) bond motifs is 10. The molecule has 2 aliphatic heterocycles. The molecule has 0 unspecified atom stereocenters.